The molecule has 0 bridgehead atoms. The minimum absolute atomic E-state index is 0.00958. The predicted octanol–water partition coefficient (Wildman–Crippen LogP) is 3.86. The van der Waals surface area contributed by atoms with Gasteiger partial charge in [0.15, 0.2) is 11.6 Å². The van der Waals surface area contributed by atoms with Gasteiger partial charge in [0.25, 0.3) is 0 Å². The third kappa shape index (κ3) is 4.90. The van der Waals surface area contributed by atoms with Crippen molar-refractivity contribution in [2.75, 3.05) is 6.54 Å². The van der Waals surface area contributed by atoms with Crippen molar-refractivity contribution in [2.24, 2.45) is 5.11 Å². The number of azide groups is 1. The van der Waals surface area contributed by atoms with Crippen LogP contribution in [0.15, 0.2) is 22.8 Å². The summed E-state index contributed by atoms with van der Waals surface area (Å²) in [5.74, 6) is -3.40. The second-order valence-corrected chi connectivity index (χ2v) is 3.96. The smallest absolute Gasteiger partial charge is 0.387 e. The SMILES string of the molecule is [N-]=[N+]=NCC(=Cc1cc(F)c(OC(F)F)c(Cl)c1)C(=O)O. The molecule has 0 unspecified atom stereocenters. The summed E-state index contributed by atoms with van der Waals surface area (Å²) < 4.78 is 41.6. The number of carbonyl (C=O) groups is 1. The molecule has 0 aliphatic rings. The molecule has 0 atom stereocenters. The molecule has 0 radical (unpaired) electrons. The lowest BCUT2D eigenvalue weighted by atomic mass is 10.1. The zero-order valence-corrected chi connectivity index (χ0v) is 10.9. The van der Waals surface area contributed by atoms with Gasteiger partial charge in [0.05, 0.1) is 11.6 Å². The van der Waals surface area contributed by atoms with Crippen LogP contribution in [-0.2, 0) is 4.79 Å². The summed E-state index contributed by atoms with van der Waals surface area (Å²) in [5.41, 5.74) is 7.80. The van der Waals surface area contributed by atoms with Gasteiger partial charge in [0.1, 0.15) is 0 Å². The standard InChI is InChI=1S/C11H7ClF3N3O3/c12-7-2-5(1-6(10(19)20)4-17-18-16)3-8(13)9(7)21-11(14)15/h1-3,11H,4H2,(H,19,20). The van der Waals surface area contributed by atoms with E-state index >= 15 is 0 Å². The Hall–Kier alpha value is -2.38. The highest BCUT2D eigenvalue weighted by atomic mass is 35.5. The zero-order valence-electron chi connectivity index (χ0n) is 10.1. The quantitative estimate of drug-likeness (QED) is 0.373. The van der Waals surface area contributed by atoms with Gasteiger partial charge in [-0.1, -0.05) is 16.7 Å². The van der Waals surface area contributed by atoms with Crippen molar-refractivity contribution < 1.29 is 27.8 Å². The van der Waals surface area contributed by atoms with Gasteiger partial charge in [-0.05, 0) is 29.3 Å². The number of aliphatic carboxylic acids is 1. The van der Waals surface area contributed by atoms with Crippen molar-refractivity contribution in [3.8, 4) is 5.75 Å². The van der Waals surface area contributed by atoms with Crippen LogP contribution in [-0.4, -0.2) is 24.2 Å². The Kier molecular flexibility index (Phi) is 5.89. The number of hydrogen-bond donors (Lipinski definition) is 1. The molecule has 0 spiro atoms. The van der Waals surface area contributed by atoms with Crippen LogP contribution in [0.2, 0.25) is 5.02 Å². The van der Waals surface area contributed by atoms with Crippen LogP contribution in [0.5, 0.6) is 5.75 Å². The summed E-state index contributed by atoms with van der Waals surface area (Å²) >= 11 is 5.59. The zero-order chi connectivity index (χ0) is 16.0. The summed E-state index contributed by atoms with van der Waals surface area (Å²) in [6.07, 6.45) is 0.998. The molecule has 0 heterocycles. The van der Waals surface area contributed by atoms with E-state index in [1.165, 1.54) is 0 Å². The summed E-state index contributed by atoms with van der Waals surface area (Å²) in [4.78, 5) is 13.3. The number of halogens is 4. The van der Waals surface area contributed by atoms with E-state index in [0.717, 1.165) is 18.2 Å². The Morgan fingerprint density at radius 2 is 2.24 bits per heavy atom. The van der Waals surface area contributed by atoms with Crippen molar-refractivity contribution in [3.63, 3.8) is 0 Å². The van der Waals surface area contributed by atoms with Crippen molar-refractivity contribution in [1.29, 1.82) is 0 Å². The maximum absolute atomic E-state index is 13.6. The first kappa shape index (κ1) is 16.7. The van der Waals surface area contributed by atoms with Gasteiger partial charge in [-0.25, -0.2) is 9.18 Å². The maximum atomic E-state index is 13.6. The molecule has 0 aliphatic carbocycles. The number of carboxylic acid groups (broad SMARTS) is 1. The fourth-order valence-corrected chi connectivity index (χ4v) is 1.61. The average molecular weight is 322 g/mol. The molecule has 1 aromatic carbocycles. The van der Waals surface area contributed by atoms with Crippen molar-refractivity contribution in [1.82, 2.24) is 0 Å². The minimum Gasteiger partial charge on any atom is -0.478 e. The van der Waals surface area contributed by atoms with Gasteiger partial charge in [-0.3, -0.25) is 0 Å². The Morgan fingerprint density at radius 1 is 1.57 bits per heavy atom. The molecule has 0 aromatic heterocycles. The number of ether oxygens (including phenoxy) is 1. The topological polar surface area (TPSA) is 95.3 Å². The molecule has 1 aromatic rings. The lowest BCUT2D eigenvalue weighted by molar-refractivity contribution is -0.132. The van der Waals surface area contributed by atoms with Crippen LogP contribution in [0.4, 0.5) is 13.2 Å². The van der Waals surface area contributed by atoms with Crippen LogP contribution in [0.25, 0.3) is 16.5 Å². The van der Waals surface area contributed by atoms with Crippen LogP contribution in [0, 0.1) is 5.82 Å². The van der Waals surface area contributed by atoms with Gasteiger partial charge in [0, 0.05) is 10.5 Å². The van der Waals surface area contributed by atoms with E-state index in [1.807, 2.05) is 0 Å². The fraction of sp³-hybridized carbons (Fsp3) is 0.182. The maximum Gasteiger partial charge on any atom is 0.387 e. The third-order valence-corrected chi connectivity index (χ3v) is 2.43. The van der Waals surface area contributed by atoms with E-state index in [4.69, 9.17) is 22.2 Å². The monoisotopic (exact) mass is 321 g/mol. The Bertz CT molecular complexity index is 607. The number of hydrogen-bond acceptors (Lipinski definition) is 3. The molecule has 0 amide bonds. The molecule has 0 aliphatic heterocycles. The highest BCUT2D eigenvalue weighted by Crippen LogP contribution is 2.31. The number of benzene rings is 1. The Labute approximate surface area is 121 Å². The molecule has 21 heavy (non-hydrogen) atoms. The van der Waals surface area contributed by atoms with E-state index in [2.05, 4.69) is 14.8 Å². The second-order valence-electron chi connectivity index (χ2n) is 3.56. The normalized spacial score (nSPS) is 11.2. The first-order valence-electron chi connectivity index (χ1n) is 5.23. The van der Waals surface area contributed by atoms with Crippen molar-refractivity contribution in [2.45, 2.75) is 6.61 Å². The molecule has 112 valence electrons. The van der Waals surface area contributed by atoms with Gasteiger partial charge in [-0.15, -0.1) is 0 Å². The predicted molar refractivity (Wildman–Crippen MR) is 67.7 cm³/mol. The molecular formula is C11H7ClF3N3O3. The van der Waals surface area contributed by atoms with E-state index in [1.54, 1.807) is 0 Å². The van der Waals surface area contributed by atoms with Crippen molar-refractivity contribution >= 4 is 23.6 Å². The first-order valence-corrected chi connectivity index (χ1v) is 5.61. The molecule has 0 saturated heterocycles. The summed E-state index contributed by atoms with van der Waals surface area (Å²) in [5, 5.41) is 11.5. The summed E-state index contributed by atoms with van der Waals surface area (Å²) in [6, 6.07) is 1.81. The van der Waals surface area contributed by atoms with E-state index in [-0.39, 0.29) is 11.1 Å². The second kappa shape index (κ2) is 7.41. The lowest BCUT2D eigenvalue weighted by Crippen LogP contribution is -2.05. The molecule has 6 nitrogen and oxygen atoms in total. The van der Waals surface area contributed by atoms with Crippen LogP contribution >= 0.6 is 11.6 Å². The number of alkyl halides is 2. The molecule has 1 N–H and O–H groups in total. The number of nitrogens with zero attached hydrogens (tertiary/aromatic N) is 3. The highest BCUT2D eigenvalue weighted by Gasteiger charge is 2.16. The van der Waals surface area contributed by atoms with Crippen LogP contribution in [0.1, 0.15) is 5.56 Å². The van der Waals surface area contributed by atoms with E-state index in [9.17, 15) is 18.0 Å². The Morgan fingerprint density at radius 3 is 2.71 bits per heavy atom. The van der Waals surface area contributed by atoms with Gasteiger partial charge in [-0.2, -0.15) is 8.78 Å². The van der Waals surface area contributed by atoms with Gasteiger partial charge in [0.2, 0.25) is 0 Å². The van der Waals surface area contributed by atoms with Gasteiger partial charge < -0.3 is 9.84 Å². The van der Waals surface area contributed by atoms with E-state index < -0.39 is 35.7 Å². The first-order chi connectivity index (χ1) is 9.85. The molecule has 1 rings (SSSR count). The minimum atomic E-state index is -3.25. The molecule has 0 saturated carbocycles. The molecule has 0 fully saturated rings. The average Bonchev–Trinajstić information content (AvgIpc) is 2.38. The number of rotatable bonds is 6. The molecule has 10 heteroatoms. The third-order valence-electron chi connectivity index (χ3n) is 2.15. The largest absolute Gasteiger partial charge is 0.478 e. The molecular weight excluding hydrogens is 315 g/mol. The fourth-order valence-electron chi connectivity index (χ4n) is 1.35. The van der Waals surface area contributed by atoms with Crippen LogP contribution in [0.3, 0.4) is 0 Å². The highest BCUT2D eigenvalue weighted by molar-refractivity contribution is 6.32. The lowest BCUT2D eigenvalue weighted by Gasteiger charge is -2.09. The summed E-state index contributed by atoms with van der Waals surface area (Å²) in [6.45, 7) is -3.72. The number of carboxylic acids is 1. The van der Waals surface area contributed by atoms with E-state index in [0.29, 0.717) is 0 Å². The van der Waals surface area contributed by atoms with Gasteiger partial charge >= 0.3 is 12.6 Å². The summed E-state index contributed by atoms with van der Waals surface area (Å²) in [7, 11) is 0. The van der Waals surface area contributed by atoms with Crippen LogP contribution < -0.4 is 4.74 Å². The Balaban J connectivity index is 3.19. The van der Waals surface area contributed by atoms with Crippen molar-refractivity contribution in [3.05, 3.63) is 44.6 Å².